The van der Waals surface area contributed by atoms with Gasteiger partial charge in [0.05, 0.1) is 18.3 Å². The fraction of sp³-hybridized carbons (Fsp3) is 0.522. The zero-order valence-corrected chi connectivity index (χ0v) is 21.6. The first-order valence-corrected chi connectivity index (χ1v) is 13.9. The SMILES string of the molecule is C=C[C@@H]1C[C@]1(NC(=O)[C@@H]1C[C@@H](OC(=O)N2Cc3cccc(Cl)c3C2)CN1Cl)C(=O)NS(=O)(=O)C1CC1. The van der Waals surface area contributed by atoms with E-state index < -0.39 is 56.8 Å². The molecule has 2 saturated carbocycles. The Morgan fingerprint density at radius 2 is 1.97 bits per heavy atom. The lowest BCUT2D eigenvalue weighted by Crippen LogP contribution is -2.55. The molecule has 0 bridgehead atoms. The smallest absolute Gasteiger partial charge is 0.410 e. The lowest BCUT2D eigenvalue weighted by atomic mass is 10.1. The summed E-state index contributed by atoms with van der Waals surface area (Å²) < 4.78 is 33.5. The maximum absolute atomic E-state index is 13.1. The van der Waals surface area contributed by atoms with E-state index in [0.717, 1.165) is 11.1 Å². The van der Waals surface area contributed by atoms with E-state index in [2.05, 4.69) is 16.6 Å². The minimum absolute atomic E-state index is 0.118. The van der Waals surface area contributed by atoms with Gasteiger partial charge in [0, 0.05) is 23.9 Å². The number of halogens is 2. The molecule has 0 unspecified atom stereocenters. The molecule has 4 atom stereocenters. The van der Waals surface area contributed by atoms with Crippen LogP contribution in [-0.2, 0) is 37.4 Å². The Labute approximate surface area is 219 Å². The lowest BCUT2D eigenvalue weighted by Gasteiger charge is -2.22. The Morgan fingerprint density at radius 1 is 1.22 bits per heavy atom. The molecule has 0 aromatic heterocycles. The number of nitrogens with one attached hydrogen (secondary N) is 2. The van der Waals surface area contributed by atoms with Gasteiger partial charge in [-0.05, 0) is 48.2 Å². The molecule has 5 rings (SSSR count). The summed E-state index contributed by atoms with van der Waals surface area (Å²) in [5.74, 6) is -1.73. The van der Waals surface area contributed by atoms with Crippen molar-refractivity contribution in [1.29, 1.82) is 0 Å². The highest BCUT2D eigenvalue weighted by Gasteiger charge is 2.61. The molecule has 1 saturated heterocycles. The number of benzene rings is 1. The number of carbonyl (C=O) groups is 3. The number of rotatable bonds is 7. The third kappa shape index (κ3) is 4.69. The zero-order chi connectivity index (χ0) is 25.8. The fourth-order valence-electron chi connectivity index (χ4n) is 4.83. The maximum atomic E-state index is 13.1. The van der Waals surface area contributed by atoms with E-state index in [1.54, 1.807) is 6.07 Å². The van der Waals surface area contributed by atoms with Crippen LogP contribution in [0.1, 0.15) is 36.8 Å². The Bertz CT molecular complexity index is 1240. The van der Waals surface area contributed by atoms with Crippen LogP contribution in [-0.4, -0.2) is 65.1 Å². The summed E-state index contributed by atoms with van der Waals surface area (Å²) in [4.78, 5) is 40.2. The predicted octanol–water partition coefficient (Wildman–Crippen LogP) is 2.06. The molecule has 13 heteroatoms. The number of hydrogen-bond donors (Lipinski definition) is 2. The van der Waals surface area contributed by atoms with Gasteiger partial charge in [0.2, 0.25) is 15.9 Å². The largest absolute Gasteiger partial charge is 0.445 e. The summed E-state index contributed by atoms with van der Waals surface area (Å²) in [6.07, 6.45) is 1.72. The molecule has 36 heavy (non-hydrogen) atoms. The van der Waals surface area contributed by atoms with Crippen molar-refractivity contribution >= 4 is 51.3 Å². The summed E-state index contributed by atoms with van der Waals surface area (Å²) in [7, 11) is -3.77. The van der Waals surface area contributed by atoms with Crippen LogP contribution < -0.4 is 10.0 Å². The highest BCUT2D eigenvalue weighted by atomic mass is 35.5. The number of fused-ring (bicyclic) bond motifs is 1. The van der Waals surface area contributed by atoms with Crippen molar-refractivity contribution in [2.24, 2.45) is 5.92 Å². The average Bonchev–Trinajstić information content (AvgIpc) is 3.71. The summed E-state index contributed by atoms with van der Waals surface area (Å²) in [6.45, 7) is 4.51. The van der Waals surface area contributed by atoms with Crippen LogP contribution in [0.5, 0.6) is 0 Å². The first-order valence-electron chi connectivity index (χ1n) is 11.7. The van der Waals surface area contributed by atoms with E-state index in [1.807, 2.05) is 12.1 Å². The van der Waals surface area contributed by atoms with Crippen LogP contribution in [0.2, 0.25) is 5.02 Å². The fourth-order valence-corrected chi connectivity index (χ4v) is 6.77. The van der Waals surface area contributed by atoms with Crippen LogP contribution in [0.4, 0.5) is 4.79 Å². The highest BCUT2D eigenvalue weighted by molar-refractivity contribution is 7.91. The quantitative estimate of drug-likeness (QED) is 0.389. The molecular weight excluding hydrogens is 531 g/mol. The number of amides is 3. The van der Waals surface area contributed by atoms with Crippen LogP contribution >= 0.6 is 23.4 Å². The van der Waals surface area contributed by atoms with Gasteiger partial charge in [0.25, 0.3) is 5.91 Å². The molecule has 0 radical (unpaired) electrons. The predicted molar refractivity (Wildman–Crippen MR) is 131 cm³/mol. The molecule has 3 amide bonds. The van der Waals surface area contributed by atoms with E-state index in [1.165, 1.54) is 15.4 Å². The standard InChI is InChI=1S/C23H26Cl2N4O6S/c1-2-14-9-23(14,21(31)27-36(33,34)16-6-7-16)26-20(30)19-8-15(11-29(19)25)35-22(32)28-10-13-4-3-5-18(24)17(13)12-28/h2-5,14-16,19H,1,6-12H2,(H,26,30)(H,27,31)/t14-,15-,19+,23-/m1/s1. The van der Waals surface area contributed by atoms with Crippen molar-refractivity contribution in [1.82, 2.24) is 19.4 Å². The minimum Gasteiger partial charge on any atom is -0.445 e. The highest BCUT2D eigenvalue weighted by Crippen LogP contribution is 2.45. The lowest BCUT2D eigenvalue weighted by molar-refractivity contribution is -0.131. The van der Waals surface area contributed by atoms with Crippen molar-refractivity contribution in [3.05, 3.63) is 47.0 Å². The van der Waals surface area contributed by atoms with Crippen molar-refractivity contribution in [2.75, 3.05) is 6.54 Å². The van der Waals surface area contributed by atoms with E-state index in [-0.39, 0.29) is 19.4 Å². The summed E-state index contributed by atoms with van der Waals surface area (Å²) in [6, 6.07) is 4.63. The zero-order valence-electron chi connectivity index (χ0n) is 19.3. The summed E-state index contributed by atoms with van der Waals surface area (Å²) in [5.41, 5.74) is 0.441. The summed E-state index contributed by atoms with van der Waals surface area (Å²) in [5, 5.41) is 2.71. The van der Waals surface area contributed by atoms with Crippen LogP contribution in [0.25, 0.3) is 0 Å². The first kappa shape index (κ1) is 25.3. The molecule has 2 heterocycles. The number of carbonyl (C=O) groups excluding carboxylic acids is 3. The third-order valence-corrected chi connectivity index (χ3v) is 9.75. The van der Waals surface area contributed by atoms with Crippen molar-refractivity contribution < 1.29 is 27.5 Å². The van der Waals surface area contributed by atoms with Crippen LogP contribution in [0.15, 0.2) is 30.9 Å². The van der Waals surface area contributed by atoms with E-state index in [0.29, 0.717) is 31.0 Å². The van der Waals surface area contributed by atoms with Crippen molar-refractivity contribution in [2.45, 2.75) is 61.7 Å². The van der Waals surface area contributed by atoms with Gasteiger partial charge in [-0.3, -0.25) is 19.2 Å². The Morgan fingerprint density at radius 3 is 2.61 bits per heavy atom. The van der Waals surface area contributed by atoms with Gasteiger partial charge in [-0.2, -0.15) is 0 Å². The topological polar surface area (TPSA) is 125 Å². The van der Waals surface area contributed by atoms with Gasteiger partial charge in [-0.25, -0.2) is 17.6 Å². The van der Waals surface area contributed by atoms with Crippen LogP contribution in [0.3, 0.4) is 0 Å². The molecular formula is C23H26Cl2N4O6S. The van der Waals surface area contributed by atoms with E-state index in [4.69, 9.17) is 28.1 Å². The Hall–Kier alpha value is -2.34. The van der Waals surface area contributed by atoms with Gasteiger partial charge in [-0.15, -0.1) is 6.58 Å². The first-order chi connectivity index (χ1) is 17.0. The maximum Gasteiger partial charge on any atom is 0.410 e. The molecule has 194 valence electrons. The second-order valence-corrected chi connectivity index (χ2v) is 12.6. The molecule has 1 aromatic rings. The minimum atomic E-state index is -3.77. The molecule has 2 N–H and O–H groups in total. The monoisotopic (exact) mass is 556 g/mol. The number of ether oxygens (including phenoxy) is 1. The third-order valence-electron chi connectivity index (χ3n) is 7.21. The number of sulfonamides is 1. The second kappa shape index (κ2) is 9.20. The van der Waals surface area contributed by atoms with Gasteiger partial charge < -0.3 is 10.1 Å². The molecule has 2 aliphatic carbocycles. The number of hydrogen-bond acceptors (Lipinski definition) is 7. The molecule has 4 aliphatic rings. The van der Waals surface area contributed by atoms with Gasteiger partial charge in [0.1, 0.15) is 17.7 Å². The Kier molecular flexibility index (Phi) is 6.47. The van der Waals surface area contributed by atoms with Crippen molar-refractivity contribution in [3.8, 4) is 0 Å². The molecule has 10 nitrogen and oxygen atoms in total. The van der Waals surface area contributed by atoms with Gasteiger partial charge >= 0.3 is 6.09 Å². The average molecular weight is 557 g/mol. The van der Waals surface area contributed by atoms with Gasteiger partial charge in [0.15, 0.2) is 0 Å². The molecule has 1 aromatic carbocycles. The molecule has 2 aliphatic heterocycles. The van der Waals surface area contributed by atoms with E-state index >= 15 is 0 Å². The molecule has 3 fully saturated rings. The number of nitrogens with zero attached hydrogens (tertiary/aromatic N) is 2. The van der Waals surface area contributed by atoms with Gasteiger partial charge in [-0.1, -0.05) is 29.8 Å². The van der Waals surface area contributed by atoms with E-state index in [9.17, 15) is 22.8 Å². The van der Waals surface area contributed by atoms with Crippen molar-refractivity contribution in [3.63, 3.8) is 0 Å². The Balaban J connectivity index is 1.19. The summed E-state index contributed by atoms with van der Waals surface area (Å²) >= 11 is 12.5. The molecule has 0 spiro atoms. The normalized spacial score (nSPS) is 29.4. The van der Waals surface area contributed by atoms with Crippen LogP contribution in [0, 0.1) is 5.92 Å². The second-order valence-electron chi connectivity index (χ2n) is 9.76.